The van der Waals surface area contributed by atoms with E-state index in [9.17, 15) is 9.90 Å². The Kier molecular flexibility index (Phi) is 5.78. The third-order valence-electron chi connectivity index (χ3n) is 6.92. The van der Waals surface area contributed by atoms with E-state index in [2.05, 4.69) is 9.88 Å². The van der Waals surface area contributed by atoms with Crippen molar-refractivity contribution in [2.24, 2.45) is 0 Å². The highest BCUT2D eigenvalue weighted by atomic mass is 19.1. The second-order valence-corrected chi connectivity index (χ2v) is 9.07. The Morgan fingerprint density at radius 3 is 2.58 bits per heavy atom. The van der Waals surface area contributed by atoms with Crippen LogP contribution in [0.25, 0.3) is 16.7 Å². The summed E-state index contributed by atoms with van der Waals surface area (Å²) in [5.41, 5.74) is 1.77. The Hall–Kier alpha value is -3.00. The standard InChI is InChI=1S/C25H29FN4O3/c1-2-33-16-25(26)11-13-29(14-12-25)20-15-19(24(31)32)27-23-21(20)22(17-7-6-8-17)28-30(23)18-9-4-3-5-10-18/h3-5,9-10,15,17H,2,6-8,11-14,16H2,1H3,(H,31,32). The lowest BCUT2D eigenvalue weighted by Crippen LogP contribution is -2.44. The largest absolute Gasteiger partial charge is 0.477 e. The van der Waals surface area contributed by atoms with E-state index in [-0.39, 0.29) is 12.3 Å². The van der Waals surface area contributed by atoms with Crippen LogP contribution in [0.5, 0.6) is 0 Å². The van der Waals surface area contributed by atoms with Crippen molar-refractivity contribution in [1.82, 2.24) is 14.8 Å². The molecule has 0 unspecified atom stereocenters. The molecule has 0 radical (unpaired) electrons. The topological polar surface area (TPSA) is 80.5 Å². The summed E-state index contributed by atoms with van der Waals surface area (Å²) in [4.78, 5) is 18.6. The number of pyridine rings is 1. The maximum atomic E-state index is 15.2. The van der Waals surface area contributed by atoms with E-state index in [4.69, 9.17) is 9.84 Å². The summed E-state index contributed by atoms with van der Waals surface area (Å²) in [6.07, 6.45) is 3.95. The monoisotopic (exact) mass is 452 g/mol. The number of piperidine rings is 1. The minimum atomic E-state index is -1.35. The summed E-state index contributed by atoms with van der Waals surface area (Å²) < 4.78 is 22.3. The zero-order chi connectivity index (χ0) is 23.0. The average Bonchev–Trinajstić information content (AvgIpc) is 3.16. The number of aromatic carboxylic acids is 1. The van der Waals surface area contributed by atoms with E-state index in [1.54, 1.807) is 10.7 Å². The van der Waals surface area contributed by atoms with Crippen LogP contribution < -0.4 is 4.90 Å². The fraction of sp³-hybridized carbons (Fsp3) is 0.480. The third kappa shape index (κ3) is 4.08. The van der Waals surface area contributed by atoms with Crippen molar-refractivity contribution in [1.29, 1.82) is 0 Å². The number of carbonyl (C=O) groups is 1. The number of hydrogen-bond donors (Lipinski definition) is 1. The van der Waals surface area contributed by atoms with Gasteiger partial charge >= 0.3 is 5.97 Å². The lowest BCUT2D eigenvalue weighted by Gasteiger charge is -2.38. The van der Waals surface area contributed by atoms with Gasteiger partial charge in [0.2, 0.25) is 0 Å². The summed E-state index contributed by atoms with van der Waals surface area (Å²) in [6, 6.07) is 11.3. The molecule has 2 aromatic heterocycles. The SMILES string of the molecule is CCOCC1(F)CCN(c2cc(C(=O)O)nc3c2c(C2CCC2)nn3-c2ccccc2)CC1. The van der Waals surface area contributed by atoms with Gasteiger partial charge in [-0.05, 0) is 38.0 Å². The molecule has 33 heavy (non-hydrogen) atoms. The maximum absolute atomic E-state index is 15.2. The summed E-state index contributed by atoms with van der Waals surface area (Å²) in [5.74, 6) is -0.756. The van der Waals surface area contributed by atoms with E-state index in [0.717, 1.165) is 41.7 Å². The molecule has 7 nitrogen and oxygen atoms in total. The first-order valence-electron chi connectivity index (χ1n) is 11.7. The Morgan fingerprint density at radius 2 is 1.97 bits per heavy atom. The number of ether oxygens (including phenoxy) is 1. The van der Waals surface area contributed by atoms with Gasteiger partial charge in [0, 0.05) is 38.5 Å². The number of para-hydroxylation sites is 1. The first-order valence-corrected chi connectivity index (χ1v) is 11.7. The number of carboxylic acids is 1. The van der Waals surface area contributed by atoms with E-state index in [0.29, 0.717) is 44.1 Å². The lowest BCUT2D eigenvalue weighted by atomic mass is 9.81. The van der Waals surface area contributed by atoms with Crippen molar-refractivity contribution in [2.45, 2.75) is 50.6 Å². The Bertz CT molecular complexity index is 1150. The molecule has 2 fully saturated rings. The maximum Gasteiger partial charge on any atom is 0.354 e. The quantitative estimate of drug-likeness (QED) is 0.558. The number of aromatic nitrogens is 3. The van der Waals surface area contributed by atoms with Crippen LogP contribution >= 0.6 is 0 Å². The van der Waals surface area contributed by atoms with Crippen LogP contribution in [0.2, 0.25) is 0 Å². The first-order chi connectivity index (χ1) is 16.0. The third-order valence-corrected chi connectivity index (χ3v) is 6.92. The highest BCUT2D eigenvalue weighted by Gasteiger charge is 2.37. The molecule has 0 atom stereocenters. The fourth-order valence-corrected chi connectivity index (χ4v) is 4.78. The summed E-state index contributed by atoms with van der Waals surface area (Å²) in [6.45, 7) is 3.44. The van der Waals surface area contributed by atoms with Gasteiger partial charge in [0.05, 0.1) is 29.1 Å². The number of alkyl halides is 1. The molecule has 1 N–H and O–H groups in total. The summed E-state index contributed by atoms with van der Waals surface area (Å²) in [5, 5.41) is 15.6. The molecular formula is C25H29FN4O3. The molecule has 5 rings (SSSR count). The molecule has 2 aliphatic rings. The average molecular weight is 453 g/mol. The smallest absolute Gasteiger partial charge is 0.354 e. The molecular weight excluding hydrogens is 423 g/mol. The summed E-state index contributed by atoms with van der Waals surface area (Å²) >= 11 is 0. The van der Waals surface area contributed by atoms with E-state index < -0.39 is 11.6 Å². The Balaban J connectivity index is 1.62. The predicted molar refractivity (Wildman–Crippen MR) is 124 cm³/mol. The van der Waals surface area contributed by atoms with Crippen LogP contribution in [0.15, 0.2) is 36.4 Å². The molecule has 3 aromatic rings. The second kappa shape index (κ2) is 8.74. The number of benzene rings is 1. The zero-order valence-electron chi connectivity index (χ0n) is 18.8. The number of hydrogen-bond acceptors (Lipinski definition) is 5. The number of fused-ring (bicyclic) bond motifs is 1. The van der Waals surface area contributed by atoms with Crippen LogP contribution in [-0.4, -0.2) is 57.8 Å². The van der Waals surface area contributed by atoms with Gasteiger partial charge in [0.15, 0.2) is 11.3 Å². The van der Waals surface area contributed by atoms with Gasteiger partial charge in [-0.1, -0.05) is 24.6 Å². The molecule has 174 valence electrons. The van der Waals surface area contributed by atoms with Gasteiger partial charge in [0.25, 0.3) is 0 Å². The number of anilines is 1. The fourth-order valence-electron chi connectivity index (χ4n) is 4.78. The van der Waals surface area contributed by atoms with Crippen LogP contribution in [0.1, 0.15) is 61.1 Å². The molecule has 1 aliphatic heterocycles. The minimum Gasteiger partial charge on any atom is -0.477 e. The van der Waals surface area contributed by atoms with Crippen LogP contribution in [0, 0.1) is 0 Å². The van der Waals surface area contributed by atoms with Gasteiger partial charge in [-0.25, -0.2) is 18.9 Å². The molecule has 1 saturated carbocycles. The molecule has 0 spiro atoms. The molecule has 1 saturated heterocycles. The van der Waals surface area contributed by atoms with Crippen molar-refractivity contribution in [3.05, 3.63) is 47.8 Å². The zero-order valence-corrected chi connectivity index (χ0v) is 18.8. The second-order valence-electron chi connectivity index (χ2n) is 9.07. The molecule has 1 aromatic carbocycles. The highest BCUT2D eigenvalue weighted by molar-refractivity contribution is 5.98. The van der Waals surface area contributed by atoms with E-state index in [1.807, 2.05) is 37.3 Å². The number of halogens is 1. The molecule has 0 bridgehead atoms. The predicted octanol–water partition coefficient (Wildman–Crippen LogP) is 4.73. The molecule has 3 heterocycles. The van der Waals surface area contributed by atoms with Gasteiger partial charge in [-0.3, -0.25) is 0 Å². The highest BCUT2D eigenvalue weighted by Crippen LogP contribution is 2.43. The number of rotatable bonds is 7. The lowest BCUT2D eigenvalue weighted by molar-refractivity contribution is 0.00461. The normalized spacial score (nSPS) is 18.4. The van der Waals surface area contributed by atoms with Crippen molar-refractivity contribution in [3.8, 4) is 5.69 Å². The molecule has 0 amide bonds. The van der Waals surface area contributed by atoms with Gasteiger partial charge < -0.3 is 14.7 Å². The minimum absolute atomic E-state index is 0.0267. The van der Waals surface area contributed by atoms with E-state index in [1.165, 1.54) is 0 Å². The number of nitrogens with zero attached hydrogens (tertiary/aromatic N) is 4. The van der Waals surface area contributed by atoms with Crippen molar-refractivity contribution >= 4 is 22.7 Å². The van der Waals surface area contributed by atoms with Crippen LogP contribution in [-0.2, 0) is 4.74 Å². The number of carboxylic acid groups (broad SMARTS) is 1. The van der Waals surface area contributed by atoms with E-state index >= 15 is 4.39 Å². The van der Waals surface area contributed by atoms with Gasteiger partial charge in [0.1, 0.15) is 5.67 Å². The van der Waals surface area contributed by atoms with Gasteiger partial charge in [-0.2, -0.15) is 5.10 Å². The Labute approximate surface area is 192 Å². The van der Waals surface area contributed by atoms with Gasteiger partial charge in [-0.15, -0.1) is 0 Å². The van der Waals surface area contributed by atoms with Crippen LogP contribution in [0.4, 0.5) is 10.1 Å². The van der Waals surface area contributed by atoms with Crippen molar-refractivity contribution in [2.75, 3.05) is 31.2 Å². The molecule has 8 heteroatoms. The van der Waals surface area contributed by atoms with Crippen molar-refractivity contribution in [3.63, 3.8) is 0 Å². The first kappa shape index (κ1) is 21.8. The summed E-state index contributed by atoms with van der Waals surface area (Å²) in [7, 11) is 0. The Morgan fingerprint density at radius 1 is 1.24 bits per heavy atom. The van der Waals surface area contributed by atoms with Crippen LogP contribution in [0.3, 0.4) is 0 Å². The molecule has 1 aliphatic carbocycles. The van der Waals surface area contributed by atoms with Crippen molar-refractivity contribution < 1.29 is 19.0 Å².